The average Bonchev–Trinajstić information content (AvgIpc) is 3.24. The van der Waals surface area contributed by atoms with E-state index in [9.17, 15) is 18.8 Å². The van der Waals surface area contributed by atoms with E-state index >= 15 is 0 Å². The average molecular weight is 531 g/mol. The van der Waals surface area contributed by atoms with Gasteiger partial charge in [0.15, 0.2) is 0 Å². The Bertz CT molecular complexity index is 1430. The molecular formula is C30H31FN4O4. The number of rotatable bonds is 9. The second kappa shape index (κ2) is 11.9. The van der Waals surface area contributed by atoms with Crippen molar-refractivity contribution in [3.05, 3.63) is 89.2 Å². The molecule has 2 amide bonds. The van der Waals surface area contributed by atoms with Crippen LogP contribution in [0.4, 0.5) is 21.5 Å². The second-order valence-corrected chi connectivity index (χ2v) is 9.53. The maximum Gasteiger partial charge on any atom is 0.309 e. The van der Waals surface area contributed by atoms with Crippen LogP contribution in [0.25, 0.3) is 11.3 Å². The molecule has 202 valence electrons. The van der Waals surface area contributed by atoms with Gasteiger partial charge in [-0.25, -0.2) is 4.39 Å². The zero-order chi connectivity index (χ0) is 28.1. The number of anilines is 3. The summed E-state index contributed by atoms with van der Waals surface area (Å²) in [5, 5.41) is 6.09. The molecule has 0 atom stereocenters. The Labute approximate surface area is 227 Å². The van der Waals surface area contributed by atoms with Gasteiger partial charge >= 0.3 is 5.97 Å². The number of benzene rings is 3. The molecule has 0 aliphatic carbocycles. The van der Waals surface area contributed by atoms with Gasteiger partial charge in [-0.15, -0.1) is 0 Å². The summed E-state index contributed by atoms with van der Waals surface area (Å²) in [5.74, 6) is -1.21. The number of nitrogens with one attached hydrogen (secondary N) is 2. The highest BCUT2D eigenvalue weighted by Crippen LogP contribution is 2.38. The van der Waals surface area contributed by atoms with Crippen molar-refractivity contribution in [1.82, 2.24) is 4.90 Å². The number of ether oxygens (including phenoxy) is 1. The quantitative estimate of drug-likeness (QED) is 0.315. The van der Waals surface area contributed by atoms with Gasteiger partial charge in [0, 0.05) is 37.0 Å². The van der Waals surface area contributed by atoms with Crippen LogP contribution in [0.3, 0.4) is 0 Å². The first kappa shape index (κ1) is 27.5. The maximum absolute atomic E-state index is 13.9. The lowest BCUT2D eigenvalue weighted by molar-refractivity contribution is -0.139. The molecule has 3 aromatic carbocycles. The van der Waals surface area contributed by atoms with Crippen molar-refractivity contribution in [2.45, 2.75) is 12.8 Å². The van der Waals surface area contributed by atoms with Gasteiger partial charge in [0.2, 0.25) is 5.91 Å². The summed E-state index contributed by atoms with van der Waals surface area (Å²) >= 11 is 0. The summed E-state index contributed by atoms with van der Waals surface area (Å²) in [5.41, 5.74) is 4.57. The number of hydrogen-bond acceptors (Lipinski definition) is 6. The van der Waals surface area contributed by atoms with Gasteiger partial charge in [-0.1, -0.05) is 18.2 Å². The van der Waals surface area contributed by atoms with E-state index in [0.717, 1.165) is 5.69 Å². The summed E-state index contributed by atoms with van der Waals surface area (Å²) in [4.78, 5) is 41.1. The molecule has 0 bridgehead atoms. The SMILES string of the molecule is COC(=O)Cc1cccc(/C(Nc2ccc(N(C)C(=O)CCN(C)C)cc2)=C2/C(=O)Nc3cc(F)ccc32)c1. The summed E-state index contributed by atoms with van der Waals surface area (Å²) in [6, 6.07) is 18.7. The first-order valence-electron chi connectivity index (χ1n) is 12.5. The Kier molecular flexibility index (Phi) is 8.41. The molecule has 0 radical (unpaired) electrons. The maximum atomic E-state index is 13.9. The molecule has 9 heteroatoms. The van der Waals surface area contributed by atoms with Gasteiger partial charge in [0.05, 0.1) is 30.5 Å². The molecule has 0 aromatic heterocycles. The molecule has 0 saturated carbocycles. The largest absolute Gasteiger partial charge is 0.469 e. The van der Waals surface area contributed by atoms with E-state index in [-0.39, 0.29) is 24.2 Å². The minimum Gasteiger partial charge on any atom is -0.469 e. The highest BCUT2D eigenvalue weighted by atomic mass is 19.1. The highest BCUT2D eigenvalue weighted by Gasteiger charge is 2.29. The topological polar surface area (TPSA) is 91.0 Å². The fourth-order valence-electron chi connectivity index (χ4n) is 4.29. The number of carbonyl (C=O) groups excluding carboxylic acids is 3. The third-order valence-corrected chi connectivity index (χ3v) is 6.44. The van der Waals surface area contributed by atoms with Gasteiger partial charge in [-0.2, -0.15) is 0 Å². The summed E-state index contributed by atoms with van der Waals surface area (Å²) in [6.07, 6.45) is 0.473. The third kappa shape index (κ3) is 6.50. The van der Waals surface area contributed by atoms with E-state index in [1.54, 1.807) is 30.1 Å². The fraction of sp³-hybridized carbons (Fsp3) is 0.233. The van der Waals surface area contributed by atoms with Crippen LogP contribution in [0.1, 0.15) is 23.1 Å². The molecule has 39 heavy (non-hydrogen) atoms. The van der Waals surface area contributed by atoms with Crippen LogP contribution in [0, 0.1) is 5.82 Å². The van der Waals surface area contributed by atoms with Crippen LogP contribution in [0.2, 0.25) is 0 Å². The van der Waals surface area contributed by atoms with Crippen molar-refractivity contribution in [2.24, 2.45) is 0 Å². The predicted molar refractivity (Wildman–Crippen MR) is 151 cm³/mol. The lowest BCUT2D eigenvalue weighted by Gasteiger charge is -2.20. The van der Waals surface area contributed by atoms with Crippen LogP contribution < -0.4 is 15.5 Å². The summed E-state index contributed by atoms with van der Waals surface area (Å²) in [7, 11) is 6.91. The minimum atomic E-state index is -0.454. The van der Waals surface area contributed by atoms with Crippen molar-refractivity contribution >= 4 is 46.1 Å². The standard InChI is InChI=1S/C30H31FN4O4/c1-34(2)15-14-26(36)35(3)23-11-9-22(10-12-23)32-29(20-7-5-6-19(16-20)17-27(37)39-4)28-24-13-8-21(31)18-25(24)33-30(28)38/h5-13,16,18,32H,14-15,17H2,1-4H3,(H,33,38)/b29-28-. The molecule has 8 nitrogen and oxygen atoms in total. The van der Waals surface area contributed by atoms with Crippen LogP contribution in [-0.2, 0) is 25.5 Å². The summed E-state index contributed by atoms with van der Waals surface area (Å²) in [6.45, 7) is 0.655. The first-order chi connectivity index (χ1) is 18.7. The molecule has 1 aliphatic rings. The number of carbonyl (C=O) groups is 3. The minimum absolute atomic E-state index is 0.00102. The second-order valence-electron chi connectivity index (χ2n) is 9.53. The number of methoxy groups -OCH3 is 1. The summed E-state index contributed by atoms with van der Waals surface area (Å²) < 4.78 is 18.7. The monoisotopic (exact) mass is 530 g/mol. The van der Waals surface area contributed by atoms with E-state index in [1.165, 1.54) is 19.2 Å². The van der Waals surface area contributed by atoms with Gasteiger partial charge in [-0.3, -0.25) is 14.4 Å². The fourth-order valence-corrected chi connectivity index (χ4v) is 4.29. The molecule has 4 rings (SSSR count). The Morgan fingerprint density at radius 1 is 1.00 bits per heavy atom. The zero-order valence-corrected chi connectivity index (χ0v) is 22.4. The van der Waals surface area contributed by atoms with Gasteiger partial charge < -0.3 is 25.2 Å². The Hall–Kier alpha value is -4.50. The third-order valence-electron chi connectivity index (χ3n) is 6.44. The highest BCUT2D eigenvalue weighted by molar-refractivity contribution is 6.37. The molecule has 1 aliphatic heterocycles. The number of esters is 1. The Morgan fingerprint density at radius 3 is 2.44 bits per heavy atom. The van der Waals surface area contributed by atoms with Crippen molar-refractivity contribution < 1.29 is 23.5 Å². The van der Waals surface area contributed by atoms with Gasteiger partial charge in [-0.05, 0) is 73.8 Å². The lowest BCUT2D eigenvalue weighted by atomic mass is 9.98. The Balaban J connectivity index is 1.71. The predicted octanol–water partition coefficient (Wildman–Crippen LogP) is 4.39. The first-order valence-corrected chi connectivity index (χ1v) is 12.5. The number of amides is 2. The van der Waals surface area contributed by atoms with Crippen LogP contribution in [0.5, 0.6) is 0 Å². The smallest absolute Gasteiger partial charge is 0.309 e. The van der Waals surface area contributed by atoms with Crippen molar-refractivity contribution in [3.63, 3.8) is 0 Å². The number of fused-ring (bicyclic) bond motifs is 1. The molecule has 2 N–H and O–H groups in total. The number of hydrogen-bond donors (Lipinski definition) is 2. The van der Waals surface area contributed by atoms with Crippen LogP contribution in [-0.4, -0.2) is 57.5 Å². The van der Waals surface area contributed by atoms with Crippen LogP contribution in [0.15, 0.2) is 66.7 Å². The van der Waals surface area contributed by atoms with E-state index in [4.69, 9.17) is 4.74 Å². The number of nitrogens with zero attached hydrogens (tertiary/aromatic N) is 2. The lowest BCUT2D eigenvalue weighted by Crippen LogP contribution is -2.29. The number of halogens is 1. The molecule has 0 saturated heterocycles. The normalized spacial score (nSPS) is 13.5. The van der Waals surface area contributed by atoms with E-state index in [1.807, 2.05) is 55.4 Å². The molecular weight excluding hydrogens is 499 g/mol. The molecule has 0 spiro atoms. The van der Waals surface area contributed by atoms with Crippen molar-refractivity contribution in [2.75, 3.05) is 50.3 Å². The molecule has 0 unspecified atom stereocenters. The van der Waals surface area contributed by atoms with Crippen molar-refractivity contribution in [1.29, 1.82) is 0 Å². The molecule has 1 heterocycles. The van der Waals surface area contributed by atoms with Crippen molar-refractivity contribution in [3.8, 4) is 0 Å². The van der Waals surface area contributed by atoms with Gasteiger partial charge in [0.25, 0.3) is 5.91 Å². The van der Waals surface area contributed by atoms with Gasteiger partial charge in [0.1, 0.15) is 5.82 Å². The van der Waals surface area contributed by atoms with E-state index in [0.29, 0.717) is 52.3 Å². The van der Waals surface area contributed by atoms with Crippen LogP contribution >= 0.6 is 0 Å². The molecule has 3 aromatic rings. The van der Waals surface area contributed by atoms with E-state index in [2.05, 4.69) is 10.6 Å². The Morgan fingerprint density at radius 2 is 1.74 bits per heavy atom. The van der Waals surface area contributed by atoms with E-state index < -0.39 is 5.82 Å². The zero-order valence-electron chi connectivity index (χ0n) is 22.4. The molecule has 0 fully saturated rings.